The molecule has 5 heteroatoms. The molecule has 1 heterocycles. The third-order valence-electron chi connectivity index (χ3n) is 4.24. The van der Waals surface area contributed by atoms with E-state index in [1.54, 1.807) is 7.11 Å². The lowest BCUT2D eigenvalue weighted by Gasteiger charge is -2.19. The van der Waals surface area contributed by atoms with Crippen LogP contribution in [0.1, 0.15) is 17.2 Å². The number of halogens is 1. The van der Waals surface area contributed by atoms with Gasteiger partial charge in [0.25, 0.3) is 0 Å². The number of rotatable bonds is 4. The Hall–Kier alpha value is -2.85. The lowest BCUT2D eigenvalue weighted by Crippen LogP contribution is -2.14. The second-order valence-electron chi connectivity index (χ2n) is 5.75. The first-order chi connectivity index (χ1) is 12.3. The van der Waals surface area contributed by atoms with E-state index in [0.717, 1.165) is 27.9 Å². The van der Waals surface area contributed by atoms with E-state index in [0.29, 0.717) is 5.02 Å². The molecule has 0 aliphatic carbocycles. The van der Waals surface area contributed by atoms with Gasteiger partial charge in [0.05, 0.1) is 12.6 Å². The summed E-state index contributed by atoms with van der Waals surface area (Å²) in [5.74, 6) is 0.821. The van der Waals surface area contributed by atoms with Crippen LogP contribution in [0.3, 0.4) is 0 Å². The van der Waals surface area contributed by atoms with Crippen molar-refractivity contribution in [2.24, 2.45) is 0 Å². The predicted molar refractivity (Wildman–Crippen MR) is 99.2 cm³/mol. The summed E-state index contributed by atoms with van der Waals surface area (Å²) in [7, 11) is 1.66. The highest BCUT2D eigenvalue weighted by Gasteiger charge is 2.20. The fourth-order valence-electron chi connectivity index (χ4n) is 2.98. The first-order valence-electron chi connectivity index (χ1n) is 7.95. The molecule has 1 unspecified atom stereocenters. The molecular weight excluding hydrogens is 334 g/mol. The van der Waals surface area contributed by atoms with Crippen LogP contribution in [-0.4, -0.2) is 22.1 Å². The Balaban J connectivity index is 1.90. The smallest absolute Gasteiger partial charge is 0.118 e. The molecule has 3 aromatic carbocycles. The van der Waals surface area contributed by atoms with Crippen LogP contribution in [-0.2, 0) is 0 Å². The largest absolute Gasteiger partial charge is 0.497 e. The maximum absolute atomic E-state index is 6.07. The van der Waals surface area contributed by atoms with E-state index < -0.39 is 0 Å². The number of hydrogen-bond donors (Lipinski definition) is 0. The van der Waals surface area contributed by atoms with E-state index in [1.807, 2.05) is 65.3 Å². The van der Waals surface area contributed by atoms with Crippen molar-refractivity contribution in [3.63, 3.8) is 0 Å². The molecule has 0 spiro atoms. The minimum atomic E-state index is -0.101. The monoisotopic (exact) mass is 349 g/mol. The summed E-state index contributed by atoms with van der Waals surface area (Å²) >= 11 is 6.07. The highest BCUT2D eigenvalue weighted by Crippen LogP contribution is 2.30. The molecule has 0 aliphatic heterocycles. The number of fused-ring (bicyclic) bond motifs is 1. The van der Waals surface area contributed by atoms with E-state index in [1.165, 1.54) is 0 Å². The fourth-order valence-corrected chi connectivity index (χ4v) is 3.11. The van der Waals surface area contributed by atoms with Crippen molar-refractivity contribution >= 4 is 22.6 Å². The topological polar surface area (TPSA) is 39.9 Å². The van der Waals surface area contributed by atoms with Gasteiger partial charge in [0, 0.05) is 5.02 Å². The zero-order valence-corrected chi connectivity index (χ0v) is 14.4. The number of aromatic nitrogens is 3. The number of methoxy groups -OCH3 is 1. The Morgan fingerprint density at radius 3 is 2.20 bits per heavy atom. The lowest BCUT2D eigenvalue weighted by atomic mass is 9.98. The summed E-state index contributed by atoms with van der Waals surface area (Å²) in [6.07, 6.45) is 0. The van der Waals surface area contributed by atoms with Crippen LogP contribution in [0.2, 0.25) is 5.02 Å². The molecule has 1 aromatic heterocycles. The number of para-hydroxylation sites is 1. The number of ether oxygens (including phenoxy) is 1. The molecule has 0 saturated carbocycles. The maximum atomic E-state index is 6.07. The van der Waals surface area contributed by atoms with E-state index in [4.69, 9.17) is 16.3 Å². The molecule has 0 fully saturated rings. The minimum absolute atomic E-state index is 0.101. The zero-order valence-electron chi connectivity index (χ0n) is 13.6. The average Bonchev–Trinajstić information content (AvgIpc) is 3.08. The summed E-state index contributed by atoms with van der Waals surface area (Å²) in [4.78, 5) is 0. The fraction of sp³-hybridized carbons (Fsp3) is 0.100. The first-order valence-corrected chi connectivity index (χ1v) is 8.33. The molecule has 0 aliphatic rings. The van der Waals surface area contributed by atoms with Crippen molar-refractivity contribution in [3.8, 4) is 5.75 Å². The Labute approximate surface area is 150 Å². The van der Waals surface area contributed by atoms with Crippen LogP contribution in [0.25, 0.3) is 11.0 Å². The second kappa shape index (κ2) is 6.57. The number of benzene rings is 3. The van der Waals surface area contributed by atoms with Crippen molar-refractivity contribution in [1.82, 2.24) is 15.0 Å². The summed E-state index contributed by atoms with van der Waals surface area (Å²) in [6, 6.07) is 23.7. The molecule has 0 amide bonds. The Morgan fingerprint density at radius 1 is 0.880 bits per heavy atom. The molecule has 124 valence electrons. The summed E-state index contributed by atoms with van der Waals surface area (Å²) < 4.78 is 7.22. The van der Waals surface area contributed by atoms with E-state index >= 15 is 0 Å². The van der Waals surface area contributed by atoms with Gasteiger partial charge >= 0.3 is 0 Å². The molecule has 0 N–H and O–H groups in total. The van der Waals surface area contributed by atoms with Gasteiger partial charge < -0.3 is 4.74 Å². The van der Waals surface area contributed by atoms with Gasteiger partial charge in [0.15, 0.2) is 0 Å². The van der Waals surface area contributed by atoms with Crippen LogP contribution in [0.15, 0.2) is 72.8 Å². The van der Waals surface area contributed by atoms with E-state index in [2.05, 4.69) is 22.4 Å². The molecule has 4 rings (SSSR count). The third-order valence-corrected chi connectivity index (χ3v) is 4.49. The van der Waals surface area contributed by atoms with E-state index in [9.17, 15) is 0 Å². The SMILES string of the molecule is COc1ccc(C(c2ccc(Cl)cc2)n2nnc3ccccc32)cc1. The predicted octanol–water partition coefficient (Wildman–Crippen LogP) is 4.73. The quantitative estimate of drug-likeness (QED) is 0.534. The van der Waals surface area contributed by atoms with E-state index in [-0.39, 0.29) is 6.04 Å². The van der Waals surface area contributed by atoms with Crippen LogP contribution in [0.4, 0.5) is 0 Å². The normalized spacial score (nSPS) is 12.2. The molecule has 1 atom stereocenters. The molecule has 0 saturated heterocycles. The highest BCUT2D eigenvalue weighted by atomic mass is 35.5. The Morgan fingerprint density at radius 2 is 1.52 bits per heavy atom. The van der Waals surface area contributed by atoms with Gasteiger partial charge in [-0.15, -0.1) is 5.10 Å². The van der Waals surface area contributed by atoms with Crippen LogP contribution in [0.5, 0.6) is 5.75 Å². The van der Waals surface area contributed by atoms with Gasteiger partial charge in [-0.05, 0) is 47.5 Å². The van der Waals surface area contributed by atoms with Gasteiger partial charge in [-0.1, -0.05) is 53.2 Å². The summed E-state index contributed by atoms with van der Waals surface area (Å²) in [5.41, 5.74) is 4.04. The molecule has 0 bridgehead atoms. The van der Waals surface area contributed by atoms with Gasteiger partial charge in [-0.3, -0.25) is 0 Å². The average molecular weight is 350 g/mol. The number of hydrogen-bond acceptors (Lipinski definition) is 3. The van der Waals surface area contributed by atoms with Gasteiger partial charge in [-0.2, -0.15) is 0 Å². The number of nitrogens with zero attached hydrogens (tertiary/aromatic N) is 3. The van der Waals surface area contributed by atoms with Crippen LogP contribution in [0, 0.1) is 0 Å². The van der Waals surface area contributed by atoms with Crippen molar-refractivity contribution in [3.05, 3.63) is 88.9 Å². The summed E-state index contributed by atoms with van der Waals surface area (Å²) in [5, 5.41) is 9.43. The highest BCUT2D eigenvalue weighted by molar-refractivity contribution is 6.30. The first kappa shape index (κ1) is 15.7. The maximum Gasteiger partial charge on any atom is 0.118 e. The Kier molecular flexibility index (Phi) is 4.12. The van der Waals surface area contributed by atoms with Crippen LogP contribution < -0.4 is 4.74 Å². The molecule has 0 radical (unpaired) electrons. The second-order valence-corrected chi connectivity index (χ2v) is 6.19. The van der Waals surface area contributed by atoms with Crippen molar-refractivity contribution in [2.45, 2.75) is 6.04 Å². The van der Waals surface area contributed by atoms with Crippen molar-refractivity contribution < 1.29 is 4.74 Å². The summed E-state index contributed by atoms with van der Waals surface area (Å²) in [6.45, 7) is 0. The van der Waals surface area contributed by atoms with Gasteiger partial charge in [0.1, 0.15) is 17.3 Å². The standard InChI is InChI=1S/C20H16ClN3O/c1-25-17-12-8-15(9-13-17)20(14-6-10-16(21)11-7-14)24-19-5-3-2-4-18(19)22-23-24/h2-13,20H,1H3. The van der Waals surface area contributed by atoms with Gasteiger partial charge in [-0.25, -0.2) is 4.68 Å². The molecule has 4 aromatic rings. The minimum Gasteiger partial charge on any atom is -0.497 e. The molecule has 4 nitrogen and oxygen atoms in total. The van der Waals surface area contributed by atoms with Crippen molar-refractivity contribution in [2.75, 3.05) is 7.11 Å². The third kappa shape index (κ3) is 2.96. The molecular formula is C20H16ClN3O. The van der Waals surface area contributed by atoms with Crippen LogP contribution >= 0.6 is 11.6 Å². The zero-order chi connectivity index (χ0) is 17.2. The molecule has 25 heavy (non-hydrogen) atoms. The van der Waals surface area contributed by atoms with Gasteiger partial charge in [0.2, 0.25) is 0 Å². The lowest BCUT2D eigenvalue weighted by molar-refractivity contribution is 0.414. The van der Waals surface area contributed by atoms with Crippen molar-refractivity contribution in [1.29, 1.82) is 0 Å². The Bertz CT molecular complexity index is 994.